The van der Waals surface area contributed by atoms with Gasteiger partial charge in [-0.2, -0.15) is 0 Å². The van der Waals surface area contributed by atoms with Gasteiger partial charge in [0.15, 0.2) is 5.78 Å². The number of fused-ring (bicyclic) bond motifs is 3. The van der Waals surface area contributed by atoms with Crippen LogP contribution in [0.25, 0.3) is 27.7 Å². The molecule has 0 fully saturated rings. The molecule has 0 saturated heterocycles. The van der Waals surface area contributed by atoms with Crippen molar-refractivity contribution in [3.05, 3.63) is 83.4 Å². The van der Waals surface area contributed by atoms with Crippen LogP contribution in [0.1, 0.15) is 90.8 Å². The van der Waals surface area contributed by atoms with Gasteiger partial charge in [0, 0.05) is 55.8 Å². The third-order valence-corrected chi connectivity index (χ3v) is 7.80. The normalized spacial score (nSPS) is 12.0. The van der Waals surface area contributed by atoms with Gasteiger partial charge in [0.2, 0.25) is 0 Å². The molecule has 4 aromatic rings. The Kier molecular flexibility index (Phi) is 13.2. The largest absolute Gasteiger partial charge is 0.512 e. The molecule has 4 nitrogen and oxygen atoms in total. The number of benzene rings is 2. The van der Waals surface area contributed by atoms with Crippen molar-refractivity contribution in [3.63, 3.8) is 0 Å². The van der Waals surface area contributed by atoms with Crippen LogP contribution in [0, 0.1) is 37.2 Å². The van der Waals surface area contributed by atoms with Crippen LogP contribution in [-0.4, -0.2) is 20.3 Å². The van der Waals surface area contributed by atoms with E-state index in [4.69, 9.17) is 4.98 Å². The Morgan fingerprint density at radius 2 is 1.62 bits per heavy atom. The molecule has 2 heterocycles. The average molecular weight is 746 g/mol. The van der Waals surface area contributed by atoms with Crippen LogP contribution in [-0.2, 0) is 31.3 Å². The monoisotopic (exact) mass is 746 g/mol. The fourth-order valence-corrected chi connectivity index (χ4v) is 5.57. The maximum Gasteiger partial charge on any atom is 0.162 e. The summed E-state index contributed by atoms with van der Waals surface area (Å²) >= 11 is 0. The summed E-state index contributed by atoms with van der Waals surface area (Å²) in [7, 11) is 0. The molecule has 0 aliphatic rings. The minimum absolute atomic E-state index is 0. The molecule has 0 spiro atoms. The van der Waals surface area contributed by atoms with Gasteiger partial charge < -0.3 is 9.51 Å². The second-order valence-corrected chi connectivity index (χ2v) is 12.6. The van der Waals surface area contributed by atoms with Crippen LogP contribution in [0.2, 0.25) is 0 Å². The summed E-state index contributed by atoms with van der Waals surface area (Å²) in [5.41, 5.74) is 6.25. The molecule has 0 amide bonds. The quantitative estimate of drug-likeness (QED) is 0.105. The van der Waals surface area contributed by atoms with Crippen molar-refractivity contribution < 1.29 is 30.0 Å². The molecule has 0 saturated carbocycles. The Bertz CT molecular complexity index is 1480. The number of aliphatic hydroxyl groups is 1. The molecule has 1 radical (unpaired) electrons. The first-order valence-electron chi connectivity index (χ1n) is 15.2. The van der Waals surface area contributed by atoms with Gasteiger partial charge in [0.05, 0.1) is 17.1 Å². The fraction of sp³-hybridized carbons (Fsp3) is 0.459. The van der Waals surface area contributed by atoms with Crippen LogP contribution >= 0.6 is 0 Å². The van der Waals surface area contributed by atoms with Crippen molar-refractivity contribution >= 4 is 22.1 Å². The van der Waals surface area contributed by atoms with Gasteiger partial charge in [-0.15, -0.1) is 34.9 Å². The summed E-state index contributed by atoms with van der Waals surface area (Å²) in [6, 6.07) is 16.7. The van der Waals surface area contributed by atoms with Gasteiger partial charge >= 0.3 is 0 Å². The summed E-state index contributed by atoms with van der Waals surface area (Å²) in [5.74, 6) is 1.50. The number of rotatable bonds is 9. The molecular weight excluding hydrogens is 697 g/mol. The number of pyridine rings is 1. The van der Waals surface area contributed by atoms with E-state index in [-0.39, 0.29) is 43.5 Å². The molecule has 42 heavy (non-hydrogen) atoms. The number of aryl methyl sites for hydroxylation is 2. The van der Waals surface area contributed by atoms with E-state index in [9.17, 15) is 9.90 Å². The Hall–Kier alpha value is -2.75. The minimum Gasteiger partial charge on any atom is -0.512 e. The van der Waals surface area contributed by atoms with Crippen LogP contribution in [0.4, 0.5) is 0 Å². The summed E-state index contributed by atoms with van der Waals surface area (Å²) in [6.45, 7) is 19.1. The number of allylic oxidation sites excluding steroid dienone is 2. The number of ketones is 1. The third kappa shape index (κ3) is 9.12. The van der Waals surface area contributed by atoms with Crippen LogP contribution in [0.15, 0.2) is 60.6 Å². The third-order valence-electron chi connectivity index (χ3n) is 7.80. The van der Waals surface area contributed by atoms with E-state index in [1.54, 1.807) is 0 Å². The van der Waals surface area contributed by atoms with Crippen LogP contribution in [0.3, 0.4) is 0 Å². The van der Waals surface area contributed by atoms with Gasteiger partial charge in [-0.25, -0.2) is 0 Å². The smallest absolute Gasteiger partial charge is 0.162 e. The summed E-state index contributed by atoms with van der Waals surface area (Å²) in [5, 5.41) is 12.3. The second kappa shape index (κ2) is 15.6. The molecule has 0 aliphatic heterocycles. The van der Waals surface area contributed by atoms with Gasteiger partial charge in [-0.1, -0.05) is 80.5 Å². The number of carbonyl (C=O) groups excluding carboxylic acids is 1. The van der Waals surface area contributed by atoms with E-state index in [1.165, 1.54) is 28.0 Å². The maximum absolute atomic E-state index is 11.7. The number of aliphatic hydroxyl groups excluding tert-OH is 1. The Labute approximate surface area is 267 Å². The maximum atomic E-state index is 11.7. The number of hydrogen-bond acceptors (Lipinski definition) is 3. The molecule has 0 bridgehead atoms. The zero-order valence-corrected chi connectivity index (χ0v) is 29.4. The molecule has 4 rings (SSSR count). The van der Waals surface area contributed by atoms with Gasteiger partial charge in [-0.3, -0.25) is 9.78 Å². The van der Waals surface area contributed by atoms with Crippen molar-refractivity contribution in [1.29, 1.82) is 0 Å². The zero-order chi connectivity index (χ0) is 30.3. The number of hydrogen-bond donors (Lipinski definition) is 1. The van der Waals surface area contributed by atoms with E-state index < -0.39 is 0 Å². The molecule has 229 valence electrons. The van der Waals surface area contributed by atoms with Gasteiger partial charge in [0.25, 0.3) is 0 Å². The number of imidazole rings is 1. The summed E-state index contributed by atoms with van der Waals surface area (Å²) < 4.78 is 2.18. The topological polar surface area (TPSA) is 54.6 Å². The van der Waals surface area contributed by atoms with Gasteiger partial charge in [-0.05, 0) is 54.5 Å². The van der Waals surface area contributed by atoms with E-state index in [2.05, 4.69) is 87.7 Å². The first-order chi connectivity index (χ1) is 19.4. The van der Waals surface area contributed by atoms with Crippen molar-refractivity contribution in [1.82, 2.24) is 9.38 Å². The van der Waals surface area contributed by atoms with E-state index in [0.29, 0.717) is 5.41 Å². The number of carbonyl (C=O) groups is 1. The molecule has 0 aliphatic carbocycles. The van der Waals surface area contributed by atoms with E-state index >= 15 is 0 Å². The molecule has 1 N–H and O–H groups in total. The molecule has 0 atom stereocenters. The number of nitrogens with zero attached hydrogens (tertiary/aromatic N) is 2. The molecule has 2 aromatic carbocycles. The van der Waals surface area contributed by atoms with E-state index in [1.807, 2.05) is 33.9 Å². The van der Waals surface area contributed by atoms with Crippen molar-refractivity contribution in [3.8, 4) is 11.4 Å². The first kappa shape index (κ1) is 35.4. The van der Waals surface area contributed by atoms with Crippen molar-refractivity contribution in [2.75, 3.05) is 0 Å². The number of aromatic nitrogens is 2. The molecular formula is C37H49IrN2O2-. The molecule has 0 unspecified atom stereocenters. The van der Waals surface area contributed by atoms with Gasteiger partial charge in [0.1, 0.15) is 0 Å². The standard InChI is InChI=1S/C24H25N2.C13H24O2.Ir/c1-16-10-17(2)12-20(11-16)23-25-15-22-21-7-6-18(14-24(3,4)5)13-19(21)8-9-26(22)23;1-5-10(6-2)12(14)9-13(15)11(7-3)8-4;/h6-11,13,15H,14H2,1-5H3;9-11,14H,5-8H2,1-4H3;/q-1;;/b;12-9-;. The summed E-state index contributed by atoms with van der Waals surface area (Å²) in [4.78, 5) is 16.4. The zero-order valence-electron chi connectivity index (χ0n) is 27.0. The predicted octanol–water partition coefficient (Wildman–Crippen LogP) is 10.0. The Morgan fingerprint density at radius 3 is 2.19 bits per heavy atom. The molecule has 2 aromatic heterocycles. The SMILES string of the molecule is CCC(CC)C(=O)/C=C(\O)C(CC)CC.Cc1[c-]c(-c2ncc3c4ccc(CC(C)(C)C)cc4ccn23)cc(C)c1.[Ir]. The second-order valence-electron chi connectivity index (χ2n) is 12.6. The minimum atomic E-state index is 0. The van der Waals surface area contributed by atoms with Crippen molar-refractivity contribution in [2.45, 2.75) is 94.4 Å². The predicted molar refractivity (Wildman–Crippen MR) is 173 cm³/mol. The first-order valence-corrected chi connectivity index (χ1v) is 15.2. The van der Waals surface area contributed by atoms with Crippen molar-refractivity contribution in [2.24, 2.45) is 17.3 Å². The van der Waals surface area contributed by atoms with Crippen LogP contribution in [0.5, 0.6) is 0 Å². The Balaban J connectivity index is 0.000000334. The van der Waals surface area contributed by atoms with Crippen LogP contribution < -0.4 is 0 Å². The van der Waals surface area contributed by atoms with E-state index in [0.717, 1.165) is 54.6 Å². The summed E-state index contributed by atoms with van der Waals surface area (Å²) in [6.07, 6.45) is 10.1. The average Bonchev–Trinajstić information content (AvgIpc) is 3.33. The molecule has 5 heteroatoms. The Morgan fingerprint density at radius 1 is 0.976 bits per heavy atom. The fourth-order valence-electron chi connectivity index (χ4n) is 5.57.